The molecule has 1 unspecified atom stereocenters. The number of aliphatic hydroxyl groups is 1. The van der Waals surface area contributed by atoms with Crippen LogP contribution in [0.15, 0.2) is 35.0 Å². The first-order valence-corrected chi connectivity index (χ1v) is 6.23. The molecule has 0 aliphatic heterocycles. The topological polar surface area (TPSA) is 37.3 Å². The second-order valence-electron chi connectivity index (χ2n) is 3.36. The van der Waals surface area contributed by atoms with Crippen molar-refractivity contribution < 1.29 is 9.90 Å². The van der Waals surface area contributed by atoms with Crippen LogP contribution in [-0.4, -0.2) is 10.9 Å². The van der Waals surface area contributed by atoms with Gasteiger partial charge in [0.15, 0.2) is 5.60 Å². The average Bonchev–Trinajstić information content (AvgIpc) is 2.89. The van der Waals surface area contributed by atoms with Crippen LogP contribution >= 0.6 is 22.7 Å². The highest BCUT2D eigenvalue weighted by atomic mass is 32.1. The molecular formula is C11H10O2S2. The molecule has 0 fully saturated rings. The molecule has 0 amide bonds. The maximum absolute atomic E-state index is 12.0. The lowest BCUT2D eigenvalue weighted by Gasteiger charge is -2.19. The molecule has 2 aromatic rings. The minimum atomic E-state index is -1.40. The summed E-state index contributed by atoms with van der Waals surface area (Å²) in [7, 11) is 0. The maximum atomic E-state index is 12.0. The summed E-state index contributed by atoms with van der Waals surface area (Å²) in [5.41, 5.74) is -1.40. The summed E-state index contributed by atoms with van der Waals surface area (Å²) >= 11 is 2.74. The molecule has 0 aliphatic rings. The van der Waals surface area contributed by atoms with E-state index in [1.807, 2.05) is 22.9 Å². The van der Waals surface area contributed by atoms with Gasteiger partial charge in [-0.3, -0.25) is 4.79 Å². The Labute approximate surface area is 95.8 Å². The monoisotopic (exact) mass is 238 g/mol. The van der Waals surface area contributed by atoms with Crippen LogP contribution in [0.4, 0.5) is 0 Å². The number of carbonyl (C=O) groups excluding carboxylic acids is 1. The predicted molar refractivity (Wildman–Crippen MR) is 62.5 cm³/mol. The van der Waals surface area contributed by atoms with E-state index >= 15 is 0 Å². The smallest absolute Gasteiger partial charge is 0.209 e. The van der Waals surface area contributed by atoms with E-state index in [0.29, 0.717) is 9.75 Å². The largest absolute Gasteiger partial charge is 0.376 e. The van der Waals surface area contributed by atoms with Crippen molar-refractivity contribution in [2.24, 2.45) is 0 Å². The number of hydrogen-bond acceptors (Lipinski definition) is 4. The number of rotatable bonds is 3. The van der Waals surface area contributed by atoms with Gasteiger partial charge >= 0.3 is 0 Å². The van der Waals surface area contributed by atoms with Gasteiger partial charge in [0.25, 0.3) is 0 Å². The lowest BCUT2D eigenvalue weighted by atomic mass is 9.98. The first kappa shape index (κ1) is 10.5. The third kappa shape index (κ3) is 1.88. The summed E-state index contributed by atoms with van der Waals surface area (Å²) in [6, 6.07) is 7.14. The van der Waals surface area contributed by atoms with Gasteiger partial charge in [0.2, 0.25) is 5.78 Å². The van der Waals surface area contributed by atoms with E-state index in [4.69, 9.17) is 0 Å². The SMILES string of the molecule is CC(O)(C(=O)c1cccs1)c1cccs1. The van der Waals surface area contributed by atoms with Crippen molar-refractivity contribution in [2.45, 2.75) is 12.5 Å². The Morgan fingerprint density at radius 1 is 1.27 bits per heavy atom. The van der Waals surface area contributed by atoms with Crippen molar-refractivity contribution in [1.29, 1.82) is 0 Å². The standard InChI is InChI=1S/C11H10O2S2/c1-11(13,9-5-3-7-15-9)10(12)8-4-2-6-14-8/h2-7,13H,1H3. The van der Waals surface area contributed by atoms with Gasteiger partial charge in [-0.25, -0.2) is 0 Å². The predicted octanol–water partition coefficient (Wildman–Crippen LogP) is 2.90. The molecule has 2 aromatic heterocycles. The van der Waals surface area contributed by atoms with E-state index in [0.717, 1.165) is 0 Å². The van der Waals surface area contributed by atoms with Crippen LogP contribution in [-0.2, 0) is 5.60 Å². The molecule has 4 heteroatoms. The fraction of sp³-hybridized carbons (Fsp3) is 0.182. The van der Waals surface area contributed by atoms with Gasteiger partial charge in [-0.05, 0) is 29.8 Å². The number of carbonyl (C=O) groups is 1. The zero-order valence-corrected chi connectivity index (χ0v) is 9.77. The fourth-order valence-electron chi connectivity index (χ4n) is 1.32. The Balaban J connectivity index is 2.35. The van der Waals surface area contributed by atoms with Crippen molar-refractivity contribution >= 4 is 28.5 Å². The maximum Gasteiger partial charge on any atom is 0.209 e. The molecule has 0 spiro atoms. The summed E-state index contributed by atoms with van der Waals surface area (Å²) < 4.78 is 0. The Morgan fingerprint density at radius 3 is 2.47 bits per heavy atom. The molecule has 15 heavy (non-hydrogen) atoms. The van der Waals surface area contributed by atoms with Gasteiger partial charge in [0.1, 0.15) is 0 Å². The Bertz CT molecular complexity index is 441. The number of ketones is 1. The molecule has 2 rings (SSSR count). The van der Waals surface area contributed by atoms with Gasteiger partial charge < -0.3 is 5.11 Å². The first-order chi connectivity index (χ1) is 7.12. The van der Waals surface area contributed by atoms with Gasteiger partial charge in [0.05, 0.1) is 4.88 Å². The Hall–Kier alpha value is -0.970. The number of Topliss-reactive ketones (excluding diaryl/α,β-unsaturated/α-hetero) is 1. The number of thiophene rings is 2. The molecule has 0 aliphatic carbocycles. The zero-order chi connectivity index (χ0) is 10.9. The molecule has 78 valence electrons. The molecule has 0 bridgehead atoms. The van der Waals surface area contributed by atoms with Crippen LogP contribution in [0.25, 0.3) is 0 Å². The summed E-state index contributed by atoms with van der Waals surface area (Å²) in [6.07, 6.45) is 0. The molecule has 1 N–H and O–H groups in total. The van der Waals surface area contributed by atoms with Crippen LogP contribution < -0.4 is 0 Å². The average molecular weight is 238 g/mol. The van der Waals surface area contributed by atoms with Crippen molar-refractivity contribution in [3.63, 3.8) is 0 Å². The molecule has 1 atom stereocenters. The van der Waals surface area contributed by atoms with Crippen molar-refractivity contribution in [1.82, 2.24) is 0 Å². The summed E-state index contributed by atoms with van der Waals surface area (Å²) in [6.45, 7) is 1.54. The molecule has 0 saturated carbocycles. The van der Waals surface area contributed by atoms with Gasteiger partial charge in [-0.1, -0.05) is 12.1 Å². The summed E-state index contributed by atoms with van der Waals surface area (Å²) in [4.78, 5) is 13.3. The van der Waals surface area contributed by atoms with E-state index < -0.39 is 5.60 Å². The van der Waals surface area contributed by atoms with E-state index in [-0.39, 0.29) is 5.78 Å². The van der Waals surface area contributed by atoms with Gasteiger partial charge in [0, 0.05) is 4.88 Å². The minimum absolute atomic E-state index is 0.236. The highest BCUT2D eigenvalue weighted by molar-refractivity contribution is 7.12. The molecule has 2 nitrogen and oxygen atoms in total. The van der Waals surface area contributed by atoms with E-state index in [2.05, 4.69) is 0 Å². The van der Waals surface area contributed by atoms with Crippen LogP contribution in [0.3, 0.4) is 0 Å². The zero-order valence-electron chi connectivity index (χ0n) is 8.14. The fourth-order valence-corrected chi connectivity index (χ4v) is 2.86. The molecule has 0 saturated heterocycles. The van der Waals surface area contributed by atoms with Crippen LogP contribution in [0, 0.1) is 0 Å². The Morgan fingerprint density at radius 2 is 1.93 bits per heavy atom. The highest BCUT2D eigenvalue weighted by Crippen LogP contribution is 2.30. The van der Waals surface area contributed by atoms with Crippen LogP contribution in [0.1, 0.15) is 21.5 Å². The molecule has 0 aromatic carbocycles. The van der Waals surface area contributed by atoms with Crippen molar-refractivity contribution in [2.75, 3.05) is 0 Å². The first-order valence-electron chi connectivity index (χ1n) is 4.47. The second-order valence-corrected chi connectivity index (χ2v) is 5.25. The van der Waals surface area contributed by atoms with E-state index in [9.17, 15) is 9.90 Å². The van der Waals surface area contributed by atoms with E-state index in [1.54, 1.807) is 19.1 Å². The lowest BCUT2D eigenvalue weighted by molar-refractivity contribution is 0.0413. The third-order valence-corrected chi connectivity index (χ3v) is 4.14. The molecular weight excluding hydrogens is 228 g/mol. The molecule has 0 radical (unpaired) electrons. The number of hydrogen-bond donors (Lipinski definition) is 1. The molecule has 2 heterocycles. The normalized spacial score (nSPS) is 14.8. The van der Waals surface area contributed by atoms with E-state index in [1.165, 1.54) is 22.7 Å². The van der Waals surface area contributed by atoms with Gasteiger partial charge in [-0.2, -0.15) is 0 Å². The Kier molecular flexibility index (Phi) is 2.73. The summed E-state index contributed by atoms with van der Waals surface area (Å²) in [5.74, 6) is -0.236. The quantitative estimate of drug-likeness (QED) is 0.835. The van der Waals surface area contributed by atoms with Crippen LogP contribution in [0.5, 0.6) is 0 Å². The highest BCUT2D eigenvalue weighted by Gasteiger charge is 2.34. The lowest BCUT2D eigenvalue weighted by Crippen LogP contribution is -2.30. The van der Waals surface area contributed by atoms with Crippen LogP contribution in [0.2, 0.25) is 0 Å². The van der Waals surface area contributed by atoms with Crippen molar-refractivity contribution in [3.8, 4) is 0 Å². The van der Waals surface area contributed by atoms with Crippen molar-refractivity contribution in [3.05, 3.63) is 44.8 Å². The summed E-state index contributed by atoms with van der Waals surface area (Å²) in [5, 5.41) is 13.9. The van der Waals surface area contributed by atoms with Gasteiger partial charge in [-0.15, -0.1) is 22.7 Å². The second kappa shape index (κ2) is 3.89. The third-order valence-electron chi connectivity index (χ3n) is 2.19. The minimum Gasteiger partial charge on any atom is -0.376 e.